The van der Waals surface area contributed by atoms with Crippen molar-refractivity contribution in [3.05, 3.63) is 54.3 Å². The molecule has 0 saturated carbocycles. The highest BCUT2D eigenvalue weighted by Crippen LogP contribution is 2.24. The second kappa shape index (κ2) is 4.00. The van der Waals surface area contributed by atoms with E-state index < -0.39 is 0 Å². The van der Waals surface area contributed by atoms with Crippen molar-refractivity contribution >= 4 is 0 Å². The summed E-state index contributed by atoms with van der Waals surface area (Å²) in [5.41, 5.74) is 0. The SMILES string of the molecule is Oc1cccc(Oc2ccc(F)cc2)c1. The van der Waals surface area contributed by atoms with E-state index in [1.807, 2.05) is 0 Å². The molecule has 0 aliphatic carbocycles. The topological polar surface area (TPSA) is 29.5 Å². The Hall–Kier alpha value is -2.03. The average molecular weight is 204 g/mol. The molecule has 0 fully saturated rings. The predicted molar refractivity (Wildman–Crippen MR) is 54.6 cm³/mol. The lowest BCUT2D eigenvalue weighted by atomic mass is 10.3. The van der Waals surface area contributed by atoms with E-state index in [0.717, 1.165) is 0 Å². The van der Waals surface area contributed by atoms with Gasteiger partial charge in [-0.2, -0.15) is 0 Å². The number of rotatable bonds is 2. The van der Waals surface area contributed by atoms with Crippen LogP contribution in [0.3, 0.4) is 0 Å². The number of phenolic OH excluding ortho intramolecular Hbond substituents is 1. The zero-order valence-corrected chi connectivity index (χ0v) is 7.85. The monoisotopic (exact) mass is 204 g/mol. The van der Waals surface area contributed by atoms with Crippen molar-refractivity contribution in [2.45, 2.75) is 0 Å². The third kappa shape index (κ3) is 2.47. The Morgan fingerprint density at radius 2 is 1.67 bits per heavy atom. The second-order valence-electron chi connectivity index (χ2n) is 3.05. The molecule has 0 unspecified atom stereocenters. The van der Waals surface area contributed by atoms with Gasteiger partial charge in [0.25, 0.3) is 0 Å². The quantitative estimate of drug-likeness (QED) is 0.813. The second-order valence-corrected chi connectivity index (χ2v) is 3.05. The largest absolute Gasteiger partial charge is 0.508 e. The Kier molecular flexibility index (Phi) is 2.54. The molecule has 76 valence electrons. The van der Waals surface area contributed by atoms with E-state index in [2.05, 4.69) is 0 Å². The van der Waals surface area contributed by atoms with E-state index in [-0.39, 0.29) is 11.6 Å². The molecule has 2 aromatic carbocycles. The van der Waals surface area contributed by atoms with Gasteiger partial charge in [0, 0.05) is 6.07 Å². The van der Waals surface area contributed by atoms with Gasteiger partial charge >= 0.3 is 0 Å². The zero-order valence-electron chi connectivity index (χ0n) is 7.85. The summed E-state index contributed by atoms with van der Waals surface area (Å²) in [5.74, 6) is 0.872. The van der Waals surface area contributed by atoms with Gasteiger partial charge in [-0.25, -0.2) is 4.39 Å². The summed E-state index contributed by atoms with van der Waals surface area (Å²) in [6.07, 6.45) is 0. The molecule has 2 nitrogen and oxygen atoms in total. The lowest BCUT2D eigenvalue weighted by molar-refractivity contribution is 0.454. The average Bonchev–Trinajstić information content (AvgIpc) is 2.22. The van der Waals surface area contributed by atoms with Gasteiger partial charge in [-0.1, -0.05) is 6.07 Å². The minimum absolute atomic E-state index is 0.134. The lowest BCUT2D eigenvalue weighted by Gasteiger charge is -2.05. The van der Waals surface area contributed by atoms with E-state index >= 15 is 0 Å². The molecule has 0 spiro atoms. The maximum absolute atomic E-state index is 12.6. The van der Waals surface area contributed by atoms with Crippen LogP contribution < -0.4 is 4.74 Å². The normalized spacial score (nSPS) is 9.93. The maximum Gasteiger partial charge on any atom is 0.131 e. The fraction of sp³-hybridized carbons (Fsp3) is 0. The van der Waals surface area contributed by atoms with Crippen molar-refractivity contribution in [3.63, 3.8) is 0 Å². The molecule has 0 amide bonds. The smallest absolute Gasteiger partial charge is 0.131 e. The first-order chi connectivity index (χ1) is 7.24. The van der Waals surface area contributed by atoms with Crippen molar-refractivity contribution in [1.82, 2.24) is 0 Å². The fourth-order valence-electron chi connectivity index (χ4n) is 1.19. The standard InChI is InChI=1S/C12H9FO2/c13-9-4-6-11(7-5-9)15-12-3-1-2-10(14)8-12/h1-8,14H. The van der Waals surface area contributed by atoms with Crippen LogP contribution in [0.1, 0.15) is 0 Å². The van der Waals surface area contributed by atoms with Crippen LogP contribution in [0.4, 0.5) is 4.39 Å². The van der Waals surface area contributed by atoms with Gasteiger partial charge in [-0.05, 0) is 36.4 Å². The molecular formula is C12H9FO2. The van der Waals surface area contributed by atoms with Crippen LogP contribution in [0.2, 0.25) is 0 Å². The molecule has 2 rings (SSSR count). The molecule has 0 aliphatic rings. The number of phenols is 1. The number of ether oxygens (including phenoxy) is 1. The predicted octanol–water partition coefficient (Wildman–Crippen LogP) is 3.32. The number of hydrogen-bond donors (Lipinski definition) is 1. The molecule has 0 radical (unpaired) electrons. The molecule has 1 N–H and O–H groups in total. The lowest BCUT2D eigenvalue weighted by Crippen LogP contribution is -1.83. The van der Waals surface area contributed by atoms with Gasteiger partial charge < -0.3 is 9.84 Å². The fourth-order valence-corrected chi connectivity index (χ4v) is 1.19. The molecule has 0 bridgehead atoms. The van der Waals surface area contributed by atoms with Crippen molar-refractivity contribution in [2.75, 3.05) is 0 Å². The Morgan fingerprint density at radius 3 is 2.33 bits per heavy atom. The van der Waals surface area contributed by atoms with Crippen molar-refractivity contribution in [3.8, 4) is 17.2 Å². The van der Waals surface area contributed by atoms with Crippen LogP contribution in [-0.2, 0) is 0 Å². The van der Waals surface area contributed by atoms with Crippen LogP contribution in [0.15, 0.2) is 48.5 Å². The molecule has 2 aromatic rings. The zero-order chi connectivity index (χ0) is 10.7. The molecule has 0 heterocycles. The van der Waals surface area contributed by atoms with Crippen LogP contribution in [0.25, 0.3) is 0 Å². The number of aromatic hydroxyl groups is 1. The third-order valence-electron chi connectivity index (χ3n) is 1.87. The molecule has 0 atom stereocenters. The minimum atomic E-state index is -0.307. The van der Waals surface area contributed by atoms with Gasteiger partial charge in [0.2, 0.25) is 0 Å². The summed E-state index contributed by atoms with van der Waals surface area (Å²) < 4.78 is 18.0. The van der Waals surface area contributed by atoms with Crippen LogP contribution >= 0.6 is 0 Å². The van der Waals surface area contributed by atoms with Crippen molar-refractivity contribution in [2.24, 2.45) is 0 Å². The van der Waals surface area contributed by atoms with E-state index in [0.29, 0.717) is 11.5 Å². The highest BCUT2D eigenvalue weighted by molar-refractivity contribution is 5.35. The van der Waals surface area contributed by atoms with E-state index in [1.165, 1.54) is 30.3 Å². The summed E-state index contributed by atoms with van der Waals surface area (Å²) in [7, 11) is 0. The van der Waals surface area contributed by atoms with Crippen LogP contribution in [-0.4, -0.2) is 5.11 Å². The van der Waals surface area contributed by atoms with Crippen LogP contribution in [0, 0.1) is 5.82 Å². The molecular weight excluding hydrogens is 195 g/mol. The third-order valence-corrected chi connectivity index (χ3v) is 1.87. The van der Waals surface area contributed by atoms with Gasteiger partial charge in [-0.15, -0.1) is 0 Å². The Balaban J connectivity index is 2.18. The van der Waals surface area contributed by atoms with Crippen molar-refractivity contribution in [1.29, 1.82) is 0 Å². The summed E-state index contributed by atoms with van der Waals surface area (Å²) in [5, 5.41) is 9.20. The Labute approximate surface area is 86.6 Å². The van der Waals surface area contributed by atoms with Gasteiger partial charge in [0.15, 0.2) is 0 Å². The summed E-state index contributed by atoms with van der Waals surface area (Å²) in [4.78, 5) is 0. The highest BCUT2D eigenvalue weighted by atomic mass is 19.1. The number of halogens is 1. The molecule has 0 aliphatic heterocycles. The highest BCUT2D eigenvalue weighted by Gasteiger charge is 1.98. The summed E-state index contributed by atoms with van der Waals surface area (Å²) in [6, 6.07) is 12.1. The van der Waals surface area contributed by atoms with E-state index in [4.69, 9.17) is 4.74 Å². The molecule has 0 aromatic heterocycles. The first-order valence-electron chi connectivity index (χ1n) is 4.46. The number of benzene rings is 2. The molecule has 15 heavy (non-hydrogen) atoms. The number of hydrogen-bond acceptors (Lipinski definition) is 2. The van der Waals surface area contributed by atoms with E-state index in [1.54, 1.807) is 18.2 Å². The first kappa shape index (κ1) is 9.52. The van der Waals surface area contributed by atoms with Gasteiger partial charge in [0.05, 0.1) is 0 Å². The Morgan fingerprint density at radius 1 is 0.933 bits per heavy atom. The molecule has 3 heteroatoms. The summed E-state index contributed by atoms with van der Waals surface area (Å²) in [6.45, 7) is 0. The van der Waals surface area contributed by atoms with E-state index in [9.17, 15) is 9.50 Å². The first-order valence-corrected chi connectivity index (χ1v) is 4.46. The van der Waals surface area contributed by atoms with Crippen LogP contribution in [0.5, 0.6) is 17.2 Å². The molecule has 0 saturated heterocycles. The summed E-state index contributed by atoms with van der Waals surface area (Å²) >= 11 is 0. The maximum atomic E-state index is 12.6. The Bertz CT molecular complexity index is 451. The van der Waals surface area contributed by atoms with Gasteiger partial charge in [0.1, 0.15) is 23.1 Å². The minimum Gasteiger partial charge on any atom is -0.508 e. The van der Waals surface area contributed by atoms with Gasteiger partial charge in [-0.3, -0.25) is 0 Å². The van der Waals surface area contributed by atoms with Crippen molar-refractivity contribution < 1.29 is 14.2 Å².